The molecule has 0 amide bonds. The Labute approximate surface area is 212 Å². The van der Waals surface area contributed by atoms with E-state index in [9.17, 15) is 0 Å². The molecular formula is C34H30N2. The highest BCUT2D eigenvalue weighted by Gasteiger charge is 2.11. The summed E-state index contributed by atoms with van der Waals surface area (Å²) in [6.45, 7) is 0. The molecule has 2 aliphatic carbocycles. The number of anilines is 1. The number of allylic oxidation sites excluding steroid dienone is 1. The summed E-state index contributed by atoms with van der Waals surface area (Å²) in [5, 5.41) is 9.05. The van der Waals surface area contributed by atoms with Crippen molar-refractivity contribution in [3.8, 4) is 0 Å². The Morgan fingerprint density at radius 3 is 2.47 bits per heavy atom. The first-order valence-electron chi connectivity index (χ1n) is 12.9. The zero-order valence-electron chi connectivity index (χ0n) is 20.5. The van der Waals surface area contributed by atoms with Gasteiger partial charge in [0.25, 0.3) is 0 Å². The molecule has 1 heterocycles. The average molecular weight is 467 g/mol. The van der Waals surface area contributed by atoms with Crippen molar-refractivity contribution in [2.75, 3.05) is 5.32 Å². The molecule has 0 unspecified atom stereocenters. The van der Waals surface area contributed by atoms with Gasteiger partial charge >= 0.3 is 0 Å². The number of rotatable bonds is 2. The smallest absolute Gasteiger partial charge is 0.0607 e. The van der Waals surface area contributed by atoms with E-state index in [4.69, 9.17) is 0 Å². The Morgan fingerprint density at radius 1 is 0.694 bits per heavy atom. The molecule has 0 atom stereocenters. The zero-order chi connectivity index (χ0) is 24.2. The second-order valence-corrected chi connectivity index (χ2v) is 9.54. The number of hydrogen-bond acceptors (Lipinski definition) is 2. The molecule has 36 heavy (non-hydrogen) atoms. The minimum atomic E-state index is 0.846. The van der Waals surface area contributed by atoms with Gasteiger partial charge in [0.05, 0.1) is 5.70 Å². The largest absolute Gasteiger partial charge is 0.359 e. The summed E-state index contributed by atoms with van der Waals surface area (Å²) in [6.07, 6.45) is 14.4. The van der Waals surface area contributed by atoms with E-state index >= 15 is 0 Å². The lowest BCUT2D eigenvalue weighted by atomic mass is 9.89. The van der Waals surface area contributed by atoms with Gasteiger partial charge in [0, 0.05) is 30.1 Å². The number of fused-ring (bicyclic) bond motifs is 5. The van der Waals surface area contributed by atoms with Crippen molar-refractivity contribution >= 4 is 24.1 Å². The van der Waals surface area contributed by atoms with Gasteiger partial charge in [-0.3, -0.25) is 4.99 Å². The maximum Gasteiger partial charge on any atom is 0.0607 e. The van der Waals surface area contributed by atoms with Crippen LogP contribution >= 0.6 is 0 Å². The first-order valence-corrected chi connectivity index (χ1v) is 12.9. The van der Waals surface area contributed by atoms with E-state index in [2.05, 4.69) is 95.3 Å². The maximum absolute atomic E-state index is 4.53. The van der Waals surface area contributed by atoms with Gasteiger partial charge in [0.2, 0.25) is 0 Å². The molecule has 2 heteroatoms. The Hall–Kier alpha value is -4.17. The van der Waals surface area contributed by atoms with E-state index < -0.39 is 0 Å². The van der Waals surface area contributed by atoms with Crippen molar-refractivity contribution in [3.63, 3.8) is 0 Å². The van der Waals surface area contributed by atoms with Gasteiger partial charge in [0.15, 0.2) is 0 Å². The number of para-hydroxylation sites is 1. The summed E-state index contributed by atoms with van der Waals surface area (Å²) in [5.74, 6) is 0. The molecule has 4 aromatic rings. The molecule has 0 saturated carbocycles. The van der Waals surface area contributed by atoms with Crippen LogP contribution < -0.4 is 15.8 Å². The highest BCUT2D eigenvalue weighted by Crippen LogP contribution is 2.19. The predicted octanol–water partition coefficient (Wildman–Crippen LogP) is 6.04. The highest BCUT2D eigenvalue weighted by atomic mass is 14.9. The van der Waals surface area contributed by atoms with Crippen LogP contribution in [-0.4, -0.2) is 6.21 Å². The topological polar surface area (TPSA) is 24.4 Å². The van der Waals surface area contributed by atoms with Crippen molar-refractivity contribution in [1.82, 2.24) is 0 Å². The highest BCUT2D eigenvalue weighted by molar-refractivity contribution is 5.89. The third kappa shape index (κ3) is 4.67. The van der Waals surface area contributed by atoms with E-state index in [1.54, 1.807) is 11.1 Å². The van der Waals surface area contributed by atoms with Crippen LogP contribution in [0.4, 0.5) is 5.69 Å². The molecular weight excluding hydrogens is 436 g/mol. The van der Waals surface area contributed by atoms with Gasteiger partial charge in [-0.2, -0.15) is 0 Å². The van der Waals surface area contributed by atoms with Gasteiger partial charge in [-0.05, 0) is 69.3 Å². The molecule has 3 aliphatic rings. The Balaban J connectivity index is 0.000000133. The van der Waals surface area contributed by atoms with E-state index in [-0.39, 0.29) is 0 Å². The number of aliphatic imine (C=N–C) groups is 1. The quantitative estimate of drug-likeness (QED) is 0.383. The van der Waals surface area contributed by atoms with E-state index in [0.717, 1.165) is 29.8 Å². The van der Waals surface area contributed by atoms with Crippen molar-refractivity contribution in [3.05, 3.63) is 146 Å². The SMILES string of the molecule is C1=NC(Cc2ccccc2)=CNc2ccccc21.C1=c2ccc3c(c2CCC1)CC=c1ccccc1=3. The van der Waals surface area contributed by atoms with Crippen LogP contribution in [-0.2, 0) is 19.3 Å². The summed E-state index contributed by atoms with van der Waals surface area (Å²) in [7, 11) is 0. The second-order valence-electron chi connectivity index (χ2n) is 9.54. The third-order valence-corrected chi connectivity index (χ3v) is 7.19. The van der Waals surface area contributed by atoms with Crippen LogP contribution in [0.15, 0.2) is 108 Å². The molecule has 0 spiro atoms. The average Bonchev–Trinajstić information content (AvgIpc) is 3.16. The van der Waals surface area contributed by atoms with E-state index in [1.807, 2.05) is 30.6 Å². The lowest BCUT2D eigenvalue weighted by Gasteiger charge is -2.16. The fourth-order valence-electron chi connectivity index (χ4n) is 5.35. The number of benzene rings is 4. The Morgan fingerprint density at radius 2 is 1.53 bits per heavy atom. The zero-order valence-corrected chi connectivity index (χ0v) is 20.5. The fraction of sp³-hybridized carbons (Fsp3) is 0.147. The molecule has 0 radical (unpaired) electrons. The Kier molecular flexibility index (Phi) is 6.33. The van der Waals surface area contributed by atoms with Gasteiger partial charge < -0.3 is 5.32 Å². The minimum absolute atomic E-state index is 0.846. The molecule has 4 aromatic carbocycles. The van der Waals surface area contributed by atoms with E-state index in [1.165, 1.54) is 45.7 Å². The molecule has 0 fully saturated rings. The summed E-state index contributed by atoms with van der Waals surface area (Å²) in [6, 6.07) is 31.9. The molecule has 1 aliphatic heterocycles. The fourth-order valence-corrected chi connectivity index (χ4v) is 5.35. The van der Waals surface area contributed by atoms with E-state index in [0.29, 0.717) is 0 Å². The minimum Gasteiger partial charge on any atom is -0.359 e. The lowest BCUT2D eigenvalue weighted by Crippen LogP contribution is -2.19. The van der Waals surface area contributed by atoms with Crippen molar-refractivity contribution < 1.29 is 0 Å². The third-order valence-electron chi connectivity index (χ3n) is 7.19. The normalized spacial score (nSPS) is 14.5. The van der Waals surface area contributed by atoms with Crippen LogP contribution in [0.2, 0.25) is 0 Å². The Bertz CT molecular complexity index is 1680. The number of nitrogens with zero attached hydrogens (tertiary/aromatic N) is 1. The van der Waals surface area contributed by atoms with Crippen molar-refractivity contribution in [2.45, 2.75) is 32.1 Å². The van der Waals surface area contributed by atoms with Gasteiger partial charge in [-0.1, -0.05) is 97.1 Å². The lowest BCUT2D eigenvalue weighted by molar-refractivity contribution is 0.824. The van der Waals surface area contributed by atoms with Crippen molar-refractivity contribution in [1.29, 1.82) is 0 Å². The maximum atomic E-state index is 4.53. The molecule has 1 N–H and O–H groups in total. The molecule has 0 bridgehead atoms. The molecule has 0 aromatic heterocycles. The van der Waals surface area contributed by atoms with Crippen LogP contribution in [0.3, 0.4) is 0 Å². The number of hydrogen-bond donors (Lipinski definition) is 1. The van der Waals surface area contributed by atoms with Crippen molar-refractivity contribution in [2.24, 2.45) is 4.99 Å². The monoisotopic (exact) mass is 466 g/mol. The van der Waals surface area contributed by atoms with Gasteiger partial charge in [-0.15, -0.1) is 0 Å². The standard InChI is InChI=1S/C18H16.C16H14N2/c1-3-7-15-13(5-1)9-11-18-16-8-4-2-6-14(16)10-12-17(15)18;1-2-6-13(7-3-1)10-15-12-18-16-9-5-4-8-14(16)11-17-15/h1,3,5-7,9-10,12H,2,4,8,11H2;1-9,11-12,18H,10H2. The summed E-state index contributed by atoms with van der Waals surface area (Å²) in [4.78, 5) is 4.53. The summed E-state index contributed by atoms with van der Waals surface area (Å²) in [5.41, 5.74) is 7.71. The molecule has 7 rings (SSSR count). The van der Waals surface area contributed by atoms with Gasteiger partial charge in [0.1, 0.15) is 0 Å². The molecule has 0 saturated heterocycles. The summed E-state index contributed by atoms with van der Waals surface area (Å²) >= 11 is 0. The molecule has 176 valence electrons. The first kappa shape index (κ1) is 22.3. The summed E-state index contributed by atoms with van der Waals surface area (Å²) < 4.78 is 0. The predicted molar refractivity (Wildman–Crippen MR) is 151 cm³/mol. The van der Waals surface area contributed by atoms with Crippen LogP contribution in [0.25, 0.3) is 12.2 Å². The van der Waals surface area contributed by atoms with Crippen LogP contribution in [0.5, 0.6) is 0 Å². The van der Waals surface area contributed by atoms with Crippen LogP contribution in [0.1, 0.15) is 35.1 Å². The van der Waals surface area contributed by atoms with Gasteiger partial charge in [-0.25, -0.2) is 0 Å². The number of nitrogens with one attached hydrogen (secondary N) is 1. The second kappa shape index (κ2) is 10.2. The first-order chi connectivity index (χ1) is 17.8. The van der Waals surface area contributed by atoms with Crippen LogP contribution in [0, 0.1) is 10.4 Å². The molecule has 2 nitrogen and oxygen atoms in total.